The average Bonchev–Trinajstić information content (AvgIpc) is 2.53. The van der Waals surface area contributed by atoms with Gasteiger partial charge in [-0.3, -0.25) is 10.1 Å². The van der Waals surface area contributed by atoms with Gasteiger partial charge in [-0.2, -0.15) is 0 Å². The molecule has 0 saturated heterocycles. The summed E-state index contributed by atoms with van der Waals surface area (Å²) in [4.78, 5) is 14.0. The van der Waals surface area contributed by atoms with Crippen LogP contribution in [-0.2, 0) is 4.79 Å². The molecule has 0 aliphatic carbocycles. The van der Waals surface area contributed by atoms with Crippen LogP contribution in [0.3, 0.4) is 0 Å². The van der Waals surface area contributed by atoms with Crippen molar-refractivity contribution in [2.75, 3.05) is 0 Å². The van der Waals surface area contributed by atoms with E-state index < -0.39 is 12.0 Å². The van der Waals surface area contributed by atoms with Crippen LogP contribution < -0.4 is 5.32 Å². The molecule has 0 unspecified atom stereocenters. The second-order valence-electron chi connectivity index (χ2n) is 6.30. The van der Waals surface area contributed by atoms with Gasteiger partial charge in [0.05, 0.1) is 6.04 Å². The number of rotatable bonds is 5. The van der Waals surface area contributed by atoms with Gasteiger partial charge in [0, 0.05) is 9.79 Å². The highest BCUT2D eigenvalue weighted by atomic mass is 32.2. The van der Waals surface area contributed by atoms with E-state index in [1.165, 1.54) is 9.79 Å². The maximum Gasteiger partial charge on any atom is 0.320 e. The Morgan fingerprint density at radius 2 is 1.61 bits per heavy atom. The fraction of sp³-hybridized carbons (Fsp3) is 0.316. The Morgan fingerprint density at radius 3 is 2.09 bits per heavy atom. The van der Waals surface area contributed by atoms with E-state index in [1.807, 2.05) is 24.3 Å². The Hall–Kier alpha value is -1.78. The fourth-order valence-corrected chi connectivity index (χ4v) is 4.14. The summed E-state index contributed by atoms with van der Waals surface area (Å²) in [7, 11) is 0. The molecule has 1 aliphatic heterocycles. The molecule has 0 radical (unpaired) electrons. The second-order valence-corrected chi connectivity index (χ2v) is 7.38. The summed E-state index contributed by atoms with van der Waals surface area (Å²) < 4.78 is 0. The van der Waals surface area contributed by atoms with Crippen LogP contribution in [0.1, 0.15) is 37.4 Å². The number of benzene rings is 2. The van der Waals surface area contributed by atoms with Crippen molar-refractivity contribution in [2.45, 2.75) is 42.1 Å². The topological polar surface area (TPSA) is 49.3 Å². The first-order chi connectivity index (χ1) is 11.1. The maximum atomic E-state index is 11.7. The number of aliphatic carboxylic acids is 1. The molecule has 1 atom stereocenters. The predicted molar refractivity (Wildman–Crippen MR) is 92.9 cm³/mol. The van der Waals surface area contributed by atoms with Gasteiger partial charge in [0.1, 0.15) is 6.04 Å². The quantitative estimate of drug-likeness (QED) is 0.858. The van der Waals surface area contributed by atoms with Crippen molar-refractivity contribution in [1.82, 2.24) is 5.32 Å². The van der Waals surface area contributed by atoms with Crippen LogP contribution in [0.2, 0.25) is 0 Å². The number of carbonyl (C=O) groups is 1. The molecule has 2 N–H and O–H groups in total. The zero-order valence-electron chi connectivity index (χ0n) is 13.3. The lowest BCUT2D eigenvalue weighted by molar-refractivity contribution is -0.140. The molecule has 1 heterocycles. The van der Waals surface area contributed by atoms with Crippen molar-refractivity contribution in [3.05, 3.63) is 59.7 Å². The van der Waals surface area contributed by atoms with E-state index in [0.29, 0.717) is 12.3 Å². The van der Waals surface area contributed by atoms with Gasteiger partial charge in [-0.05, 0) is 35.6 Å². The highest BCUT2D eigenvalue weighted by Gasteiger charge is 2.30. The zero-order chi connectivity index (χ0) is 16.4. The number of carboxylic acid groups (broad SMARTS) is 1. The SMILES string of the molecule is CC(C)C[C@H](NC1c2ccccc2Sc2ccccc21)C(=O)O. The minimum atomic E-state index is -0.785. The van der Waals surface area contributed by atoms with Crippen LogP contribution in [0.25, 0.3) is 0 Å². The van der Waals surface area contributed by atoms with Gasteiger partial charge in [0.15, 0.2) is 0 Å². The van der Waals surface area contributed by atoms with Crippen molar-refractivity contribution >= 4 is 17.7 Å². The summed E-state index contributed by atoms with van der Waals surface area (Å²) in [6, 6.07) is 15.8. The fourth-order valence-electron chi connectivity index (χ4n) is 3.00. The highest BCUT2D eigenvalue weighted by Crippen LogP contribution is 2.44. The van der Waals surface area contributed by atoms with Crippen LogP contribution >= 0.6 is 11.8 Å². The van der Waals surface area contributed by atoms with Gasteiger partial charge in [-0.1, -0.05) is 62.0 Å². The largest absolute Gasteiger partial charge is 0.480 e. The zero-order valence-corrected chi connectivity index (χ0v) is 14.1. The molecule has 0 saturated carbocycles. The molecule has 3 rings (SSSR count). The van der Waals surface area contributed by atoms with Gasteiger partial charge >= 0.3 is 5.97 Å². The third-order valence-corrected chi connectivity index (χ3v) is 5.24. The lowest BCUT2D eigenvalue weighted by atomic mass is 9.95. The maximum absolute atomic E-state index is 11.7. The van der Waals surface area contributed by atoms with Crippen LogP contribution in [0, 0.1) is 5.92 Å². The van der Waals surface area contributed by atoms with Crippen molar-refractivity contribution < 1.29 is 9.90 Å². The number of carboxylic acids is 1. The molecule has 0 spiro atoms. The average molecular weight is 327 g/mol. The molecule has 2 aromatic carbocycles. The summed E-state index contributed by atoms with van der Waals surface area (Å²) in [5, 5.41) is 13.0. The summed E-state index contributed by atoms with van der Waals surface area (Å²) in [6.07, 6.45) is 0.614. The first-order valence-corrected chi connectivity index (χ1v) is 8.72. The Morgan fingerprint density at radius 1 is 1.09 bits per heavy atom. The van der Waals surface area contributed by atoms with E-state index in [4.69, 9.17) is 0 Å². The molecule has 23 heavy (non-hydrogen) atoms. The molecular weight excluding hydrogens is 306 g/mol. The molecular formula is C19H21NO2S. The Bertz CT molecular complexity index is 669. The van der Waals surface area contributed by atoms with Crippen LogP contribution in [0.4, 0.5) is 0 Å². The molecule has 2 aromatic rings. The Balaban J connectivity index is 1.99. The van der Waals surface area contributed by atoms with E-state index >= 15 is 0 Å². The van der Waals surface area contributed by atoms with E-state index in [9.17, 15) is 9.90 Å². The molecule has 4 heteroatoms. The molecule has 0 amide bonds. The Kier molecular flexibility index (Phi) is 4.74. The minimum absolute atomic E-state index is 0.0801. The van der Waals surface area contributed by atoms with Gasteiger partial charge in [-0.15, -0.1) is 0 Å². The van der Waals surface area contributed by atoms with Crippen molar-refractivity contribution in [3.8, 4) is 0 Å². The van der Waals surface area contributed by atoms with Crippen LogP contribution in [0.15, 0.2) is 58.3 Å². The highest BCUT2D eigenvalue weighted by molar-refractivity contribution is 7.99. The first kappa shape index (κ1) is 16.1. The third-order valence-electron chi connectivity index (χ3n) is 4.05. The van der Waals surface area contributed by atoms with Gasteiger partial charge < -0.3 is 5.11 Å². The van der Waals surface area contributed by atoms with E-state index in [0.717, 1.165) is 11.1 Å². The van der Waals surface area contributed by atoms with Crippen molar-refractivity contribution in [2.24, 2.45) is 5.92 Å². The molecule has 3 nitrogen and oxygen atoms in total. The van der Waals surface area contributed by atoms with Gasteiger partial charge in [0.25, 0.3) is 0 Å². The summed E-state index contributed by atoms with van der Waals surface area (Å²) in [5.41, 5.74) is 2.32. The molecule has 0 bridgehead atoms. The van der Waals surface area contributed by atoms with Crippen LogP contribution in [-0.4, -0.2) is 17.1 Å². The molecule has 1 aliphatic rings. The second kappa shape index (κ2) is 6.77. The van der Waals surface area contributed by atoms with Crippen LogP contribution in [0.5, 0.6) is 0 Å². The lowest BCUT2D eigenvalue weighted by Gasteiger charge is -2.31. The predicted octanol–water partition coefficient (Wildman–Crippen LogP) is 4.33. The lowest BCUT2D eigenvalue weighted by Crippen LogP contribution is -2.41. The van der Waals surface area contributed by atoms with Crippen molar-refractivity contribution in [1.29, 1.82) is 0 Å². The Labute approximate surface area is 141 Å². The van der Waals surface area contributed by atoms with Crippen molar-refractivity contribution in [3.63, 3.8) is 0 Å². The first-order valence-electron chi connectivity index (χ1n) is 7.91. The molecule has 120 valence electrons. The molecule has 0 aromatic heterocycles. The normalized spacial score (nSPS) is 15.1. The van der Waals surface area contributed by atoms with E-state index in [-0.39, 0.29) is 6.04 Å². The standard InChI is InChI=1S/C19H21NO2S/c1-12(2)11-15(19(21)22)20-18-13-7-3-5-9-16(13)23-17-10-6-4-8-14(17)18/h3-10,12,15,18,20H,11H2,1-2H3,(H,21,22)/t15-/m0/s1. The smallest absolute Gasteiger partial charge is 0.320 e. The number of hydrogen-bond acceptors (Lipinski definition) is 3. The van der Waals surface area contributed by atoms with E-state index in [1.54, 1.807) is 11.8 Å². The summed E-state index contributed by atoms with van der Waals surface area (Å²) in [5.74, 6) is -0.459. The van der Waals surface area contributed by atoms with E-state index in [2.05, 4.69) is 43.4 Å². The number of hydrogen-bond donors (Lipinski definition) is 2. The number of nitrogens with one attached hydrogen (secondary N) is 1. The van der Waals surface area contributed by atoms with Gasteiger partial charge in [0.2, 0.25) is 0 Å². The third kappa shape index (κ3) is 3.43. The number of fused-ring (bicyclic) bond motifs is 2. The monoisotopic (exact) mass is 327 g/mol. The molecule has 0 fully saturated rings. The summed E-state index contributed by atoms with van der Waals surface area (Å²) in [6.45, 7) is 4.10. The van der Waals surface area contributed by atoms with Gasteiger partial charge in [-0.25, -0.2) is 0 Å². The minimum Gasteiger partial charge on any atom is -0.480 e. The summed E-state index contributed by atoms with van der Waals surface area (Å²) >= 11 is 1.75.